The lowest BCUT2D eigenvalue weighted by molar-refractivity contribution is -0.384. The molecule has 4 aliphatic rings. The molecule has 2 aliphatic carbocycles. The van der Waals surface area contributed by atoms with Crippen LogP contribution in [-0.4, -0.2) is 87.0 Å². The van der Waals surface area contributed by atoms with Crippen molar-refractivity contribution >= 4 is 44.3 Å². The number of nitro groups is 1. The van der Waals surface area contributed by atoms with Crippen LogP contribution in [0, 0.1) is 21.4 Å². The first-order valence-corrected chi connectivity index (χ1v) is 24.0. The van der Waals surface area contributed by atoms with Gasteiger partial charge in [-0.15, -0.1) is 0 Å². The highest BCUT2D eigenvalue weighted by molar-refractivity contribution is 7.90. The molecule has 64 heavy (non-hydrogen) atoms. The highest BCUT2D eigenvalue weighted by Crippen LogP contribution is 2.54. The second kappa shape index (κ2) is 17.4. The topological polar surface area (TPSA) is 209 Å². The number of likely N-dealkylation sites (tertiary alicyclic amines) is 1. The summed E-state index contributed by atoms with van der Waals surface area (Å²) in [6.07, 6.45) is 13.7. The number of aliphatic hydroxyl groups is 1. The maximum atomic E-state index is 13.9. The van der Waals surface area contributed by atoms with Gasteiger partial charge < -0.3 is 25.0 Å². The number of pyridine rings is 3. The molecule has 2 saturated heterocycles. The zero-order valence-electron chi connectivity index (χ0n) is 36.6. The Morgan fingerprint density at radius 2 is 1.78 bits per heavy atom. The van der Waals surface area contributed by atoms with Gasteiger partial charge in [0.05, 0.1) is 22.9 Å². The predicted octanol–water partition coefficient (Wildman–Crippen LogP) is 8.23. The van der Waals surface area contributed by atoms with Crippen molar-refractivity contribution in [1.82, 2.24) is 29.6 Å². The third kappa shape index (κ3) is 9.02. The molecule has 1 atom stereocenters. The summed E-state index contributed by atoms with van der Waals surface area (Å²) in [4.78, 5) is 46.1. The Morgan fingerprint density at radius 3 is 2.53 bits per heavy atom. The van der Waals surface area contributed by atoms with E-state index in [1.165, 1.54) is 49.1 Å². The smallest absolute Gasteiger partial charge is 0.312 e. The van der Waals surface area contributed by atoms with E-state index in [0.29, 0.717) is 54.6 Å². The normalized spacial score (nSPS) is 22.7. The maximum Gasteiger partial charge on any atom is 0.312 e. The molecule has 4 aromatic heterocycles. The fourth-order valence-corrected chi connectivity index (χ4v) is 11.4. The van der Waals surface area contributed by atoms with E-state index in [9.17, 15) is 28.4 Å². The lowest BCUT2D eigenvalue weighted by atomic mass is 9.60. The highest BCUT2D eigenvalue weighted by Gasteiger charge is 2.50. The number of rotatable bonds is 13. The van der Waals surface area contributed by atoms with Crippen LogP contribution < -0.4 is 19.7 Å². The van der Waals surface area contributed by atoms with E-state index < -0.39 is 37.0 Å². The van der Waals surface area contributed by atoms with Crippen LogP contribution in [0.3, 0.4) is 0 Å². The SMILES string of the molecule is CC(C)c1ccccc1[C@@H]1CCCN1C1CC2(CCN(c3ccc(C(=O)NS(=O)(=O)c4cnc(NC[C@H]5CC[C@](C)(O)CC5)c([N+](=O)[O-])c4)c(Oc4cnc5[nH]ccc5c4)n3)CC2)C1. The zero-order chi connectivity index (χ0) is 44.8. The van der Waals surface area contributed by atoms with E-state index in [-0.39, 0.29) is 28.6 Å². The van der Waals surface area contributed by atoms with Crippen LogP contribution in [0.5, 0.6) is 11.6 Å². The summed E-state index contributed by atoms with van der Waals surface area (Å²) in [6.45, 7) is 9.41. The van der Waals surface area contributed by atoms with Gasteiger partial charge in [0.1, 0.15) is 27.7 Å². The largest absolute Gasteiger partial charge is 0.436 e. The first-order chi connectivity index (χ1) is 30.7. The molecule has 338 valence electrons. The first kappa shape index (κ1) is 43.6. The number of nitrogens with zero attached hydrogens (tertiary/aromatic N) is 6. The maximum absolute atomic E-state index is 13.9. The van der Waals surface area contributed by atoms with Crippen molar-refractivity contribution in [2.75, 3.05) is 36.4 Å². The van der Waals surface area contributed by atoms with Crippen LogP contribution in [0.1, 0.15) is 118 Å². The molecule has 1 amide bonds. The number of sulfonamides is 1. The molecule has 0 radical (unpaired) electrons. The van der Waals surface area contributed by atoms with E-state index in [2.05, 4.69) is 72.9 Å². The summed E-state index contributed by atoms with van der Waals surface area (Å²) in [7, 11) is -4.65. The van der Waals surface area contributed by atoms with E-state index in [1.807, 2.05) is 6.07 Å². The molecule has 0 unspecified atom stereocenters. The minimum atomic E-state index is -4.65. The number of amides is 1. The van der Waals surface area contributed by atoms with Gasteiger partial charge in [-0.3, -0.25) is 19.8 Å². The number of carbonyl (C=O) groups excluding carboxylic acids is 1. The molecule has 17 heteroatoms. The Bertz CT molecular complexity index is 2640. The van der Waals surface area contributed by atoms with Crippen molar-refractivity contribution < 1.29 is 28.0 Å². The molecule has 5 aromatic rings. The van der Waals surface area contributed by atoms with E-state index in [4.69, 9.17) is 9.72 Å². The second-order valence-corrected chi connectivity index (χ2v) is 20.7. The number of anilines is 2. The van der Waals surface area contributed by atoms with Crippen LogP contribution in [-0.2, 0) is 10.0 Å². The Morgan fingerprint density at radius 1 is 1.02 bits per heavy atom. The third-order valence-corrected chi connectivity index (χ3v) is 15.5. The second-order valence-electron chi connectivity index (χ2n) is 19.0. The number of aromatic amines is 1. The van der Waals surface area contributed by atoms with Gasteiger partial charge in [-0.25, -0.2) is 23.1 Å². The molecule has 2 saturated carbocycles. The average molecular weight is 892 g/mol. The van der Waals surface area contributed by atoms with Gasteiger partial charge in [0.15, 0.2) is 0 Å². The van der Waals surface area contributed by atoms with Gasteiger partial charge in [-0.2, -0.15) is 4.98 Å². The first-order valence-electron chi connectivity index (χ1n) is 22.6. The predicted molar refractivity (Wildman–Crippen MR) is 243 cm³/mol. The minimum Gasteiger partial charge on any atom is -0.436 e. The standard InChI is InChI=1S/C47H57N9O7S/c1-30(2)36-7-4-5-8-37(36)39-9-6-20-55(39)33-25-47(26-33)17-21-54(22-18-47)41-11-10-38(45(52-41)63-34-23-32-14-19-48-42(32)50-28-34)44(57)53-64(61,62)35-24-40(56(59)60)43(51-29-35)49-27-31-12-15-46(3,58)16-13-31/h4-5,7-8,10-11,14,19,23-24,28-31,33,39,58H,6,9,12-13,15-18,20-22,25-27H2,1-3H3,(H,48,50)(H,49,51)(H,53,57)/t31-,39-,46-/m0/s1. The number of fused-ring (bicyclic) bond motifs is 1. The summed E-state index contributed by atoms with van der Waals surface area (Å²) in [6, 6.07) is 17.6. The van der Waals surface area contributed by atoms with Gasteiger partial charge in [-0.1, -0.05) is 38.1 Å². The lowest BCUT2D eigenvalue weighted by Crippen LogP contribution is -2.55. The minimum absolute atomic E-state index is 0.0830. The van der Waals surface area contributed by atoms with Crippen LogP contribution in [0.15, 0.2) is 78.1 Å². The number of H-pyrrole nitrogens is 1. The van der Waals surface area contributed by atoms with Gasteiger partial charge in [-0.05, 0) is 130 Å². The molecule has 1 spiro atoms. The molecular weight excluding hydrogens is 835 g/mol. The monoisotopic (exact) mass is 891 g/mol. The van der Waals surface area contributed by atoms with Crippen molar-refractivity contribution in [1.29, 1.82) is 0 Å². The average Bonchev–Trinajstić information content (AvgIpc) is 3.95. The van der Waals surface area contributed by atoms with Crippen molar-refractivity contribution in [3.63, 3.8) is 0 Å². The number of aromatic nitrogens is 4. The van der Waals surface area contributed by atoms with Crippen molar-refractivity contribution in [3.05, 3.63) is 100.0 Å². The Labute approximate surface area is 373 Å². The number of ether oxygens (including phenoxy) is 1. The van der Waals surface area contributed by atoms with Crippen LogP contribution in [0.25, 0.3) is 11.0 Å². The molecule has 2 aliphatic heterocycles. The Kier molecular flexibility index (Phi) is 11.8. The summed E-state index contributed by atoms with van der Waals surface area (Å²) in [5.41, 5.74) is 2.43. The zero-order valence-corrected chi connectivity index (χ0v) is 37.4. The number of piperidine rings is 1. The molecule has 4 fully saturated rings. The van der Waals surface area contributed by atoms with Crippen molar-refractivity contribution in [2.24, 2.45) is 11.3 Å². The number of carbonyl (C=O) groups is 1. The number of nitrogens with one attached hydrogen (secondary N) is 3. The fourth-order valence-electron chi connectivity index (χ4n) is 10.5. The molecule has 9 rings (SSSR count). The van der Waals surface area contributed by atoms with Gasteiger partial charge >= 0.3 is 5.69 Å². The van der Waals surface area contributed by atoms with E-state index in [1.54, 1.807) is 25.3 Å². The summed E-state index contributed by atoms with van der Waals surface area (Å²) >= 11 is 0. The number of hydrogen-bond donors (Lipinski definition) is 4. The van der Waals surface area contributed by atoms with E-state index >= 15 is 0 Å². The summed E-state index contributed by atoms with van der Waals surface area (Å²) < 4.78 is 35.6. The Balaban J connectivity index is 0.895. The highest BCUT2D eigenvalue weighted by atomic mass is 32.2. The number of hydrogen-bond acceptors (Lipinski definition) is 13. The molecule has 16 nitrogen and oxygen atoms in total. The molecule has 1 aromatic carbocycles. The summed E-state index contributed by atoms with van der Waals surface area (Å²) in [5.74, 6) is 0.319. The van der Waals surface area contributed by atoms with E-state index in [0.717, 1.165) is 63.0 Å². The summed E-state index contributed by atoms with van der Waals surface area (Å²) in [5, 5.41) is 26.2. The molecule has 6 heterocycles. The van der Waals surface area contributed by atoms with Crippen molar-refractivity contribution in [2.45, 2.75) is 113 Å². The van der Waals surface area contributed by atoms with Crippen molar-refractivity contribution in [3.8, 4) is 11.6 Å². The van der Waals surface area contributed by atoms with Gasteiger partial charge in [0.25, 0.3) is 15.9 Å². The number of benzene rings is 1. The molecule has 4 N–H and O–H groups in total. The molecular formula is C47H57N9O7S. The third-order valence-electron chi connectivity index (χ3n) is 14.2. The van der Waals surface area contributed by atoms with Gasteiger partial charge in [0, 0.05) is 49.4 Å². The fraction of sp³-hybridized carbons (Fsp3) is 0.489. The van der Waals surface area contributed by atoms with Gasteiger partial charge in [0.2, 0.25) is 11.7 Å². The van der Waals surface area contributed by atoms with Crippen LogP contribution in [0.4, 0.5) is 17.3 Å². The quantitative estimate of drug-likeness (QED) is 0.0650. The van der Waals surface area contributed by atoms with Crippen LogP contribution in [0.2, 0.25) is 0 Å². The molecule has 0 bridgehead atoms. The van der Waals surface area contributed by atoms with Crippen LogP contribution >= 0.6 is 0 Å². The lowest BCUT2D eigenvalue weighted by Gasteiger charge is -2.56. The Hall–Kier alpha value is -5.65.